The van der Waals surface area contributed by atoms with Gasteiger partial charge in [0.1, 0.15) is 12.1 Å². The molecule has 0 bridgehead atoms. The highest BCUT2D eigenvalue weighted by molar-refractivity contribution is 6.19. The third-order valence-electron chi connectivity index (χ3n) is 8.08. The van der Waals surface area contributed by atoms with Crippen LogP contribution in [0.2, 0.25) is 0 Å². The van der Waals surface area contributed by atoms with Gasteiger partial charge in [-0.1, -0.05) is 90.5 Å². The van der Waals surface area contributed by atoms with E-state index in [0.29, 0.717) is 11.8 Å². The van der Waals surface area contributed by atoms with E-state index in [2.05, 4.69) is 37.5 Å². The summed E-state index contributed by atoms with van der Waals surface area (Å²) < 4.78 is 0. The number of para-hydroxylation sites is 2. The van der Waals surface area contributed by atoms with Crippen LogP contribution in [0, 0.1) is 11.8 Å². The lowest BCUT2D eigenvalue weighted by atomic mass is 9.79. The molecule has 2 aliphatic heterocycles. The third-order valence-corrected chi connectivity index (χ3v) is 8.08. The number of hydrogen-bond acceptors (Lipinski definition) is 4. The van der Waals surface area contributed by atoms with E-state index in [1.807, 2.05) is 48.5 Å². The zero-order chi connectivity index (χ0) is 25.7. The minimum atomic E-state index is -0.473. The maximum Gasteiger partial charge on any atom is 0.189 e. The third kappa shape index (κ3) is 5.38. The van der Waals surface area contributed by atoms with Crippen LogP contribution >= 0.6 is 0 Å². The summed E-state index contributed by atoms with van der Waals surface area (Å²) in [5.41, 5.74) is 3.37. The Morgan fingerprint density at radius 2 is 1.03 bits per heavy atom. The summed E-state index contributed by atoms with van der Waals surface area (Å²) in [6.07, 6.45) is 9.58. The number of nitrogens with zero attached hydrogens (tertiary/aromatic N) is 2. The quantitative estimate of drug-likeness (QED) is 0.289. The van der Waals surface area contributed by atoms with Crippen molar-refractivity contribution < 1.29 is 9.59 Å². The van der Waals surface area contributed by atoms with E-state index < -0.39 is 12.1 Å². The van der Waals surface area contributed by atoms with E-state index in [4.69, 9.17) is 0 Å². The molecule has 2 heterocycles. The van der Waals surface area contributed by atoms with Gasteiger partial charge in [0.15, 0.2) is 11.6 Å². The first kappa shape index (κ1) is 26.4. The predicted octanol–water partition coefficient (Wildman–Crippen LogP) is 7.56. The van der Waals surface area contributed by atoms with Crippen molar-refractivity contribution in [3.8, 4) is 0 Å². The van der Waals surface area contributed by atoms with Gasteiger partial charge in [0.25, 0.3) is 0 Å². The Morgan fingerprint density at radius 1 is 0.639 bits per heavy atom. The van der Waals surface area contributed by atoms with Crippen molar-refractivity contribution in [1.82, 2.24) is 0 Å². The summed E-state index contributed by atoms with van der Waals surface area (Å²) in [5, 5.41) is 0. The smallest absolute Gasteiger partial charge is 0.189 e. The molecule has 0 saturated heterocycles. The van der Waals surface area contributed by atoms with Crippen molar-refractivity contribution in [3.05, 3.63) is 59.7 Å². The number of Topliss-reactive ketones (excluding diaryl/α,β-unsaturated/α-hetero) is 2. The van der Waals surface area contributed by atoms with Crippen molar-refractivity contribution in [2.75, 3.05) is 22.9 Å². The molecule has 0 radical (unpaired) electrons. The topological polar surface area (TPSA) is 40.6 Å². The molecule has 2 aliphatic rings. The van der Waals surface area contributed by atoms with E-state index in [-0.39, 0.29) is 11.6 Å². The van der Waals surface area contributed by atoms with Crippen LogP contribution in [-0.2, 0) is 0 Å². The lowest BCUT2D eigenvalue weighted by Crippen LogP contribution is -2.66. The van der Waals surface area contributed by atoms with E-state index in [0.717, 1.165) is 48.4 Å². The number of ketones is 2. The lowest BCUT2D eigenvalue weighted by molar-refractivity contribution is 0.0837. The van der Waals surface area contributed by atoms with Gasteiger partial charge < -0.3 is 9.80 Å². The number of benzene rings is 2. The molecule has 4 unspecified atom stereocenters. The first-order valence-electron chi connectivity index (χ1n) is 14.3. The van der Waals surface area contributed by atoms with Crippen LogP contribution in [0.25, 0.3) is 0 Å². The second kappa shape index (κ2) is 12.1. The average molecular weight is 489 g/mol. The first-order chi connectivity index (χ1) is 17.5. The minimum absolute atomic E-state index is 0.0918. The van der Waals surface area contributed by atoms with E-state index in [1.165, 1.54) is 38.5 Å². The number of carbonyl (C=O) groups is 2. The van der Waals surface area contributed by atoms with E-state index in [1.54, 1.807) is 0 Å². The van der Waals surface area contributed by atoms with E-state index in [9.17, 15) is 9.59 Å². The maximum atomic E-state index is 14.1. The number of rotatable bonds is 12. The average Bonchev–Trinajstić information content (AvgIpc) is 2.88. The molecular formula is C32H44N2O2. The number of carbonyl (C=O) groups excluding carboxylic acids is 2. The number of unbranched alkanes of at least 4 members (excludes halogenated alkanes) is 4. The fourth-order valence-electron chi connectivity index (χ4n) is 6.16. The highest BCUT2D eigenvalue weighted by Gasteiger charge is 2.51. The van der Waals surface area contributed by atoms with Gasteiger partial charge >= 0.3 is 0 Å². The second-order valence-corrected chi connectivity index (χ2v) is 11.2. The summed E-state index contributed by atoms with van der Waals surface area (Å²) >= 11 is 0. The molecule has 36 heavy (non-hydrogen) atoms. The molecule has 0 aliphatic carbocycles. The zero-order valence-corrected chi connectivity index (χ0v) is 22.7. The molecule has 4 atom stereocenters. The Morgan fingerprint density at radius 3 is 1.42 bits per heavy atom. The largest absolute Gasteiger partial charge is 0.358 e. The summed E-state index contributed by atoms with van der Waals surface area (Å²) in [6, 6.07) is 14.9. The van der Waals surface area contributed by atoms with Gasteiger partial charge in [-0.3, -0.25) is 9.59 Å². The highest BCUT2D eigenvalue weighted by atomic mass is 16.1. The molecule has 2 aromatic rings. The summed E-state index contributed by atoms with van der Waals surface area (Å²) in [4.78, 5) is 32.7. The minimum Gasteiger partial charge on any atom is -0.358 e. The molecule has 0 saturated carbocycles. The van der Waals surface area contributed by atoms with Gasteiger partial charge in [0.2, 0.25) is 0 Å². The van der Waals surface area contributed by atoms with Crippen LogP contribution in [-0.4, -0.2) is 36.7 Å². The number of hydrogen-bond donors (Lipinski definition) is 0. The Hall–Kier alpha value is -2.62. The monoisotopic (exact) mass is 488 g/mol. The first-order valence-corrected chi connectivity index (χ1v) is 14.3. The van der Waals surface area contributed by atoms with Crippen molar-refractivity contribution in [1.29, 1.82) is 0 Å². The van der Waals surface area contributed by atoms with Crippen molar-refractivity contribution >= 4 is 22.9 Å². The number of anilines is 2. The molecule has 194 valence electrons. The molecule has 0 spiro atoms. The molecule has 0 N–H and O–H groups in total. The molecular weight excluding hydrogens is 444 g/mol. The highest BCUT2D eigenvalue weighted by Crippen LogP contribution is 2.42. The normalized spacial score (nSPS) is 20.6. The van der Waals surface area contributed by atoms with Crippen molar-refractivity contribution in [3.63, 3.8) is 0 Å². The van der Waals surface area contributed by atoms with Gasteiger partial charge in [-0.15, -0.1) is 0 Å². The summed E-state index contributed by atoms with van der Waals surface area (Å²) in [6.45, 7) is 10.6. The van der Waals surface area contributed by atoms with E-state index >= 15 is 0 Å². The van der Waals surface area contributed by atoms with Crippen LogP contribution < -0.4 is 9.80 Å². The van der Waals surface area contributed by atoms with Gasteiger partial charge in [-0.05, 0) is 48.9 Å². The molecule has 0 fully saturated rings. The van der Waals surface area contributed by atoms with Gasteiger partial charge in [-0.2, -0.15) is 0 Å². The summed E-state index contributed by atoms with van der Waals surface area (Å²) in [7, 11) is 0. The molecule has 2 aromatic carbocycles. The fraction of sp³-hybridized carbons (Fsp3) is 0.562. The molecule has 4 heteroatoms. The number of fused-ring (bicyclic) bond motifs is 3. The molecule has 4 rings (SSSR count). The standard InChI is InChI=1S/C32H44N2O2/c1-5-7-9-15-23(3)21-33-27-19-13-11-17-25(27)32(36)30-29(33)31(35)26-18-12-14-20-28(26)34(30)22-24(4)16-10-8-6-2/h11-14,17-20,23-24,29-30H,5-10,15-16,21-22H2,1-4H3. The van der Waals surface area contributed by atoms with Crippen molar-refractivity contribution in [2.45, 2.75) is 91.1 Å². The van der Waals surface area contributed by atoms with Crippen LogP contribution in [0.3, 0.4) is 0 Å². The van der Waals surface area contributed by atoms with Gasteiger partial charge in [-0.25, -0.2) is 0 Å². The van der Waals surface area contributed by atoms with Gasteiger partial charge in [0, 0.05) is 35.6 Å². The Labute approximate surface area is 218 Å². The van der Waals surface area contributed by atoms with Crippen LogP contribution in [0.5, 0.6) is 0 Å². The van der Waals surface area contributed by atoms with Crippen molar-refractivity contribution in [2.24, 2.45) is 11.8 Å². The second-order valence-electron chi connectivity index (χ2n) is 11.2. The Kier molecular flexibility index (Phi) is 8.87. The van der Waals surface area contributed by atoms with Crippen LogP contribution in [0.4, 0.5) is 11.4 Å². The zero-order valence-electron chi connectivity index (χ0n) is 22.7. The van der Waals surface area contributed by atoms with Crippen LogP contribution in [0.15, 0.2) is 48.5 Å². The molecule has 0 amide bonds. The van der Waals surface area contributed by atoms with Gasteiger partial charge in [0.05, 0.1) is 0 Å². The van der Waals surface area contributed by atoms with Crippen LogP contribution in [0.1, 0.15) is 99.8 Å². The Balaban J connectivity index is 1.73. The fourth-order valence-corrected chi connectivity index (χ4v) is 6.16. The maximum absolute atomic E-state index is 14.1. The predicted molar refractivity (Wildman–Crippen MR) is 150 cm³/mol. The SMILES string of the molecule is CCCCCC(C)CN1c2ccccc2C(=O)C2C1C(=O)c1ccccc1N2CC(C)CCCCC. The Bertz CT molecular complexity index is 964. The lowest BCUT2D eigenvalue weighted by Gasteiger charge is -2.50. The summed E-state index contributed by atoms with van der Waals surface area (Å²) in [5.74, 6) is 1.08. The molecule has 4 nitrogen and oxygen atoms in total. The molecule has 0 aromatic heterocycles.